The normalized spacial score (nSPS) is 41.7. The van der Waals surface area contributed by atoms with Crippen molar-refractivity contribution in [3.63, 3.8) is 0 Å². The van der Waals surface area contributed by atoms with E-state index < -0.39 is 0 Å². The lowest BCUT2D eigenvalue weighted by atomic mass is 9.52. The van der Waals surface area contributed by atoms with E-state index in [9.17, 15) is 0 Å². The molecule has 6 unspecified atom stereocenters. The molecule has 174 valence electrons. The van der Waals surface area contributed by atoms with Crippen molar-refractivity contribution in [3.05, 3.63) is 34.9 Å². The summed E-state index contributed by atoms with van der Waals surface area (Å²) in [6.45, 7) is 7.51. The first-order chi connectivity index (χ1) is 15.1. The Morgan fingerprint density at radius 3 is 2.39 bits per heavy atom. The number of hydrogen-bond donors (Lipinski definition) is 1. The molecule has 6 aliphatic rings. The number of allylic oxidation sites excluding steroid dienone is 6. The fraction of sp³-hybridized carbons (Fsp3) is 0.800. The van der Waals surface area contributed by atoms with Crippen LogP contribution in [-0.4, -0.2) is 12.2 Å². The second-order valence-electron chi connectivity index (χ2n) is 11.6. The number of aliphatic hydroxyl groups excluding tert-OH is 1. The monoisotopic (exact) mass is 424 g/mol. The molecule has 1 nitrogen and oxygen atoms in total. The number of rotatable bonds is 2. The average Bonchev–Trinajstić information content (AvgIpc) is 3.60. The molecule has 0 spiro atoms. The molecule has 6 rings (SSSR count). The first kappa shape index (κ1) is 23.3. The third-order valence-electron chi connectivity index (χ3n) is 9.97. The number of fused-ring (bicyclic) bond motifs is 5. The van der Waals surface area contributed by atoms with Gasteiger partial charge in [-0.2, -0.15) is 0 Å². The summed E-state index contributed by atoms with van der Waals surface area (Å²) in [6.07, 6.45) is 26.8. The van der Waals surface area contributed by atoms with Gasteiger partial charge in [0.1, 0.15) is 0 Å². The van der Waals surface area contributed by atoms with E-state index in [1.165, 1.54) is 83.5 Å². The smallest absolute Gasteiger partial charge is 0.0319 e. The van der Waals surface area contributed by atoms with Gasteiger partial charge in [0, 0.05) is 7.11 Å². The van der Waals surface area contributed by atoms with E-state index in [0.29, 0.717) is 5.41 Å². The van der Waals surface area contributed by atoms with Crippen LogP contribution in [0.15, 0.2) is 34.9 Å². The molecule has 0 radical (unpaired) electrons. The van der Waals surface area contributed by atoms with Crippen molar-refractivity contribution in [2.45, 2.75) is 104 Å². The Balaban J connectivity index is 0.000000418. The van der Waals surface area contributed by atoms with Crippen molar-refractivity contribution in [1.82, 2.24) is 0 Å². The fourth-order valence-corrected chi connectivity index (χ4v) is 7.62. The Kier molecular flexibility index (Phi) is 7.52. The van der Waals surface area contributed by atoms with Gasteiger partial charge in [0.25, 0.3) is 0 Å². The minimum atomic E-state index is 0.628. The van der Waals surface area contributed by atoms with E-state index in [-0.39, 0.29) is 0 Å². The van der Waals surface area contributed by atoms with Crippen molar-refractivity contribution in [2.24, 2.45) is 40.9 Å². The Bertz CT molecular complexity index is 703. The molecular weight excluding hydrogens is 376 g/mol. The third kappa shape index (κ3) is 4.50. The lowest BCUT2D eigenvalue weighted by molar-refractivity contribution is 0.0257. The molecule has 0 saturated heterocycles. The van der Waals surface area contributed by atoms with Crippen LogP contribution in [0.3, 0.4) is 0 Å². The topological polar surface area (TPSA) is 20.2 Å². The predicted octanol–water partition coefficient (Wildman–Crippen LogP) is 8.26. The highest BCUT2D eigenvalue weighted by Crippen LogP contribution is 2.64. The van der Waals surface area contributed by atoms with Crippen molar-refractivity contribution in [1.29, 1.82) is 0 Å². The lowest BCUT2D eigenvalue weighted by Gasteiger charge is -2.52. The van der Waals surface area contributed by atoms with Crippen molar-refractivity contribution >= 4 is 0 Å². The quantitative estimate of drug-likeness (QED) is 0.473. The first-order valence-electron chi connectivity index (χ1n) is 13.7. The van der Waals surface area contributed by atoms with Gasteiger partial charge < -0.3 is 5.11 Å². The lowest BCUT2D eigenvalue weighted by Crippen LogP contribution is -2.44. The highest BCUT2D eigenvalue weighted by atomic mass is 16.2. The zero-order chi connectivity index (χ0) is 22.0. The van der Waals surface area contributed by atoms with Crippen molar-refractivity contribution in [3.8, 4) is 0 Å². The molecule has 1 N–H and O–H groups in total. The van der Waals surface area contributed by atoms with Crippen molar-refractivity contribution < 1.29 is 5.11 Å². The van der Waals surface area contributed by atoms with Gasteiger partial charge in [-0.05, 0) is 115 Å². The Morgan fingerprint density at radius 1 is 1.03 bits per heavy atom. The van der Waals surface area contributed by atoms with Crippen LogP contribution in [0.25, 0.3) is 0 Å². The van der Waals surface area contributed by atoms with E-state index in [1.807, 2.05) is 0 Å². The summed E-state index contributed by atoms with van der Waals surface area (Å²) in [7, 11) is 1.00. The molecular formula is C30H48O. The Labute approximate surface area is 192 Å². The molecule has 6 atom stereocenters. The molecule has 1 heteroatoms. The van der Waals surface area contributed by atoms with Crippen LogP contribution >= 0.6 is 0 Å². The van der Waals surface area contributed by atoms with E-state index in [2.05, 4.69) is 39.0 Å². The van der Waals surface area contributed by atoms with Crippen molar-refractivity contribution in [2.75, 3.05) is 7.11 Å². The van der Waals surface area contributed by atoms with E-state index in [0.717, 1.165) is 42.6 Å². The predicted molar refractivity (Wildman–Crippen MR) is 133 cm³/mol. The van der Waals surface area contributed by atoms with Gasteiger partial charge in [0.15, 0.2) is 0 Å². The maximum atomic E-state index is 7.00. The van der Waals surface area contributed by atoms with E-state index in [4.69, 9.17) is 5.11 Å². The highest BCUT2D eigenvalue weighted by Gasteiger charge is 2.54. The van der Waals surface area contributed by atoms with Gasteiger partial charge >= 0.3 is 0 Å². The third-order valence-corrected chi connectivity index (χ3v) is 9.97. The van der Waals surface area contributed by atoms with Crippen LogP contribution in [0.1, 0.15) is 104 Å². The van der Waals surface area contributed by atoms with Gasteiger partial charge in [-0.3, -0.25) is 0 Å². The van der Waals surface area contributed by atoms with Gasteiger partial charge in [-0.1, -0.05) is 64.7 Å². The summed E-state index contributed by atoms with van der Waals surface area (Å²) in [5.74, 6) is 5.56. The molecule has 0 bridgehead atoms. The van der Waals surface area contributed by atoms with Crippen LogP contribution in [0.4, 0.5) is 0 Å². The summed E-state index contributed by atoms with van der Waals surface area (Å²) in [4.78, 5) is 0. The molecule has 0 aromatic rings. The SMILES string of the molecule is C1CC1.CC/C=C1/CC2C(CCC3(C)C(C)CCC23)C2=CCC(C3CCC3)C=C21.CO. The summed E-state index contributed by atoms with van der Waals surface area (Å²) in [5.41, 5.74) is 5.86. The van der Waals surface area contributed by atoms with E-state index >= 15 is 0 Å². The maximum absolute atomic E-state index is 7.00. The standard InChI is InChI=1S/C26H38.C3H6.CH4O/c1-4-6-20-16-24-22(13-14-26(3)17(2)9-12-25(24)26)21-11-10-19(15-23(20)21)18-7-5-8-18;1-2-3-1;1-2/h6,11,15,17-19,22,24-25H,4-5,7-10,12-14,16H2,1-3H3;1-3H2;2H,1H3/b20-6-;;. The molecule has 6 aliphatic carbocycles. The largest absolute Gasteiger partial charge is 0.400 e. The maximum Gasteiger partial charge on any atom is 0.0319 e. The summed E-state index contributed by atoms with van der Waals surface area (Å²) >= 11 is 0. The second kappa shape index (κ2) is 9.98. The molecule has 0 heterocycles. The van der Waals surface area contributed by atoms with Crippen LogP contribution in [0.5, 0.6) is 0 Å². The minimum absolute atomic E-state index is 0.628. The minimum Gasteiger partial charge on any atom is -0.400 e. The second-order valence-corrected chi connectivity index (χ2v) is 11.6. The highest BCUT2D eigenvalue weighted by molar-refractivity contribution is 5.53. The molecule has 0 aliphatic heterocycles. The first-order valence-corrected chi connectivity index (χ1v) is 13.7. The molecule has 0 amide bonds. The van der Waals surface area contributed by atoms with Crippen LogP contribution in [0, 0.1) is 40.9 Å². The zero-order valence-electron chi connectivity index (χ0n) is 20.8. The molecule has 5 fully saturated rings. The van der Waals surface area contributed by atoms with Crippen LogP contribution in [0.2, 0.25) is 0 Å². The molecule has 0 aromatic heterocycles. The van der Waals surface area contributed by atoms with Crippen LogP contribution < -0.4 is 0 Å². The number of aliphatic hydroxyl groups is 1. The fourth-order valence-electron chi connectivity index (χ4n) is 7.62. The van der Waals surface area contributed by atoms with E-state index in [1.54, 1.807) is 16.7 Å². The van der Waals surface area contributed by atoms with Gasteiger partial charge in [0.2, 0.25) is 0 Å². The number of hydrogen-bond acceptors (Lipinski definition) is 1. The Morgan fingerprint density at radius 2 is 1.77 bits per heavy atom. The summed E-state index contributed by atoms with van der Waals surface area (Å²) in [6, 6.07) is 0. The Hall–Kier alpha value is -0.820. The zero-order valence-corrected chi connectivity index (χ0v) is 20.8. The average molecular weight is 425 g/mol. The van der Waals surface area contributed by atoms with Gasteiger partial charge in [-0.15, -0.1) is 0 Å². The molecule has 0 aromatic carbocycles. The van der Waals surface area contributed by atoms with Gasteiger partial charge in [-0.25, -0.2) is 0 Å². The van der Waals surface area contributed by atoms with Crippen LogP contribution in [-0.2, 0) is 0 Å². The van der Waals surface area contributed by atoms with Gasteiger partial charge in [0.05, 0.1) is 0 Å². The summed E-state index contributed by atoms with van der Waals surface area (Å²) < 4.78 is 0. The molecule has 31 heavy (non-hydrogen) atoms. The summed E-state index contributed by atoms with van der Waals surface area (Å²) in [5, 5.41) is 7.00. The molecule has 5 saturated carbocycles.